The van der Waals surface area contributed by atoms with Crippen LogP contribution in [0.3, 0.4) is 0 Å². The van der Waals surface area contributed by atoms with Gasteiger partial charge in [-0.15, -0.1) is 0 Å². The molecule has 0 fully saturated rings. The van der Waals surface area contributed by atoms with Crippen LogP contribution in [0.2, 0.25) is 0 Å². The third kappa shape index (κ3) is 11.2. The minimum atomic E-state index is -0.772. The summed E-state index contributed by atoms with van der Waals surface area (Å²) in [7, 11) is 0. The molecule has 43 heavy (non-hydrogen) atoms. The molecule has 230 valence electrons. The normalized spacial score (nSPS) is 14.0. The van der Waals surface area contributed by atoms with Crippen molar-refractivity contribution in [1.82, 2.24) is 10.2 Å². The van der Waals surface area contributed by atoms with Gasteiger partial charge in [0.15, 0.2) is 5.78 Å². The highest BCUT2D eigenvalue weighted by Crippen LogP contribution is 2.20. The number of Topliss-reactive ketones (excluding diaryl/α,β-unsaturated/α-hetero) is 1. The second-order valence-electron chi connectivity index (χ2n) is 11.0. The van der Waals surface area contributed by atoms with E-state index in [1.807, 2.05) is 30.3 Å². The Kier molecular flexibility index (Phi) is 13.8. The van der Waals surface area contributed by atoms with Gasteiger partial charge in [-0.3, -0.25) is 28.9 Å². The molecule has 1 aliphatic heterocycles. The largest absolute Gasteiger partial charge is 0.392 e. The minimum Gasteiger partial charge on any atom is -0.392 e. The van der Waals surface area contributed by atoms with Crippen molar-refractivity contribution < 1.29 is 29.1 Å². The highest BCUT2D eigenvalue weighted by atomic mass is 16.3. The van der Waals surface area contributed by atoms with E-state index in [2.05, 4.69) is 17.6 Å². The number of aliphatic hydroxyl groups is 1. The van der Waals surface area contributed by atoms with Gasteiger partial charge >= 0.3 is 0 Å². The van der Waals surface area contributed by atoms with Crippen LogP contribution in [-0.2, 0) is 37.0 Å². The molecule has 2 aromatic carbocycles. The van der Waals surface area contributed by atoms with Crippen molar-refractivity contribution in [2.24, 2.45) is 5.92 Å². The standard InChI is InChI=1S/C34H43N3O6/c1-2-3-6-13-27(34(43)35-28-17-15-26(24-38)16-18-28)23-30(39)29(22-25-11-7-4-8-12-25)36-31(40)14-9-5-10-21-37-32(41)19-20-33(37)42/h4,7-8,11-12,15-20,27,29,38H,2-3,5-6,9-10,13-14,21-24H2,1H3,(H,35,43)(H,36,40)/t27-,29+/m1/s1. The molecule has 0 unspecified atom stereocenters. The van der Waals surface area contributed by atoms with Gasteiger partial charge in [-0.2, -0.15) is 0 Å². The summed E-state index contributed by atoms with van der Waals surface area (Å²) in [6.07, 6.45) is 8.16. The van der Waals surface area contributed by atoms with Crippen molar-refractivity contribution in [3.8, 4) is 0 Å². The van der Waals surface area contributed by atoms with E-state index in [1.165, 1.54) is 17.1 Å². The van der Waals surface area contributed by atoms with Gasteiger partial charge in [-0.1, -0.05) is 75.1 Å². The molecule has 2 atom stereocenters. The molecule has 0 spiro atoms. The summed E-state index contributed by atoms with van der Waals surface area (Å²) in [6, 6.07) is 15.6. The Labute approximate surface area is 253 Å². The zero-order valence-electron chi connectivity index (χ0n) is 24.9. The number of ketones is 1. The van der Waals surface area contributed by atoms with Gasteiger partial charge in [-0.05, 0) is 48.9 Å². The summed E-state index contributed by atoms with van der Waals surface area (Å²) in [5.74, 6) is -1.85. The summed E-state index contributed by atoms with van der Waals surface area (Å²) >= 11 is 0. The number of hydrogen-bond donors (Lipinski definition) is 3. The lowest BCUT2D eigenvalue weighted by molar-refractivity contribution is -0.137. The molecular formula is C34H43N3O6. The number of nitrogens with one attached hydrogen (secondary N) is 2. The van der Waals surface area contributed by atoms with Crippen LogP contribution in [0.5, 0.6) is 0 Å². The number of rotatable bonds is 19. The maximum Gasteiger partial charge on any atom is 0.253 e. The lowest BCUT2D eigenvalue weighted by Gasteiger charge is -2.22. The molecule has 3 N–H and O–H groups in total. The second-order valence-corrected chi connectivity index (χ2v) is 11.0. The highest BCUT2D eigenvalue weighted by molar-refractivity contribution is 6.12. The van der Waals surface area contributed by atoms with Gasteiger partial charge in [0.05, 0.1) is 12.6 Å². The van der Waals surface area contributed by atoms with Crippen LogP contribution >= 0.6 is 0 Å². The van der Waals surface area contributed by atoms with Crippen molar-refractivity contribution in [2.75, 3.05) is 11.9 Å². The van der Waals surface area contributed by atoms with Crippen molar-refractivity contribution in [2.45, 2.75) is 83.8 Å². The number of hydrogen-bond acceptors (Lipinski definition) is 6. The van der Waals surface area contributed by atoms with Gasteiger partial charge in [0, 0.05) is 43.1 Å². The summed E-state index contributed by atoms with van der Waals surface area (Å²) in [6.45, 7) is 2.31. The number of nitrogens with zero attached hydrogens (tertiary/aromatic N) is 1. The summed E-state index contributed by atoms with van der Waals surface area (Å²) < 4.78 is 0. The quantitative estimate of drug-likeness (QED) is 0.163. The molecule has 0 bridgehead atoms. The number of anilines is 1. The number of aliphatic hydroxyl groups excluding tert-OH is 1. The maximum absolute atomic E-state index is 13.7. The van der Waals surface area contributed by atoms with Gasteiger partial charge in [0.25, 0.3) is 11.8 Å². The second kappa shape index (κ2) is 17.8. The molecule has 4 amide bonds. The first kappa shape index (κ1) is 33.4. The van der Waals surface area contributed by atoms with E-state index < -0.39 is 12.0 Å². The Hall–Kier alpha value is -4.11. The Morgan fingerprint density at radius 2 is 1.53 bits per heavy atom. The molecule has 3 rings (SSSR count). The van der Waals surface area contributed by atoms with E-state index in [9.17, 15) is 29.1 Å². The fourth-order valence-electron chi connectivity index (χ4n) is 5.03. The van der Waals surface area contributed by atoms with Gasteiger partial charge < -0.3 is 15.7 Å². The number of benzene rings is 2. The number of carbonyl (C=O) groups is 5. The monoisotopic (exact) mass is 589 g/mol. The zero-order valence-corrected chi connectivity index (χ0v) is 24.9. The Morgan fingerprint density at radius 3 is 2.19 bits per heavy atom. The predicted octanol–water partition coefficient (Wildman–Crippen LogP) is 4.49. The van der Waals surface area contributed by atoms with Crippen LogP contribution < -0.4 is 10.6 Å². The number of imide groups is 1. The molecular weight excluding hydrogens is 546 g/mol. The topological polar surface area (TPSA) is 133 Å². The van der Waals surface area contributed by atoms with Crippen molar-refractivity contribution in [3.63, 3.8) is 0 Å². The third-order valence-electron chi connectivity index (χ3n) is 7.57. The maximum atomic E-state index is 13.7. The number of unbranched alkanes of at least 4 members (excludes halogenated alkanes) is 4. The van der Waals surface area contributed by atoms with E-state index in [-0.39, 0.29) is 48.9 Å². The van der Waals surface area contributed by atoms with Crippen molar-refractivity contribution >= 4 is 35.1 Å². The van der Waals surface area contributed by atoms with E-state index in [4.69, 9.17) is 0 Å². The van der Waals surface area contributed by atoms with Crippen LogP contribution in [0.1, 0.15) is 75.8 Å². The molecule has 0 saturated heterocycles. The van der Waals surface area contributed by atoms with Crippen molar-refractivity contribution in [1.29, 1.82) is 0 Å². The molecule has 2 aromatic rings. The lowest BCUT2D eigenvalue weighted by Crippen LogP contribution is -2.43. The predicted molar refractivity (Wildman–Crippen MR) is 165 cm³/mol. The number of amides is 4. The molecule has 9 heteroatoms. The number of carbonyl (C=O) groups excluding carboxylic acids is 5. The first-order chi connectivity index (χ1) is 20.8. The van der Waals surface area contributed by atoms with Crippen LogP contribution in [0.15, 0.2) is 66.7 Å². The molecule has 0 aromatic heterocycles. The highest BCUT2D eigenvalue weighted by Gasteiger charge is 2.28. The Bertz CT molecular complexity index is 1240. The lowest BCUT2D eigenvalue weighted by atomic mass is 9.90. The fraction of sp³-hybridized carbons (Fsp3) is 0.441. The minimum absolute atomic E-state index is 0.00792. The molecule has 0 saturated carbocycles. The van der Waals surface area contributed by atoms with Gasteiger partial charge in [-0.25, -0.2) is 0 Å². The van der Waals surface area contributed by atoms with Crippen LogP contribution in [-0.4, -0.2) is 52.0 Å². The van der Waals surface area contributed by atoms with Gasteiger partial charge in [0.2, 0.25) is 11.8 Å². The Balaban J connectivity index is 1.60. The van der Waals surface area contributed by atoms with E-state index >= 15 is 0 Å². The molecule has 0 radical (unpaired) electrons. The molecule has 0 aliphatic carbocycles. The SMILES string of the molecule is CCCCC[C@H](CC(=O)[C@H](Cc1ccccc1)NC(=O)CCCCCN1C(=O)C=CC1=O)C(=O)Nc1ccc(CO)cc1. The van der Waals surface area contributed by atoms with Crippen molar-refractivity contribution in [3.05, 3.63) is 77.9 Å². The Morgan fingerprint density at radius 1 is 0.837 bits per heavy atom. The average Bonchev–Trinajstić information content (AvgIpc) is 3.33. The first-order valence-electron chi connectivity index (χ1n) is 15.2. The average molecular weight is 590 g/mol. The van der Waals surface area contributed by atoms with E-state index in [0.717, 1.165) is 30.4 Å². The molecule has 1 aliphatic rings. The smallest absolute Gasteiger partial charge is 0.253 e. The molecule has 1 heterocycles. The van der Waals surface area contributed by atoms with Crippen LogP contribution in [0, 0.1) is 5.92 Å². The molecule has 9 nitrogen and oxygen atoms in total. The van der Waals surface area contributed by atoms with Crippen LogP contribution in [0.4, 0.5) is 5.69 Å². The third-order valence-corrected chi connectivity index (χ3v) is 7.57. The zero-order chi connectivity index (χ0) is 31.0. The van der Waals surface area contributed by atoms with Gasteiger partial charge in [0.1, 0.15) is 0 Å². The summed E-state index contributed by atoms with van der Waals surface area (Å²) in [5, 5.41) is 15.1. The van der Waals surface area contributed by atoms with E-state index in [0.29, 0.717) is 44.3 Å². The van der Waals surface area contributed by atoms with E-state index in [1.54, 1.807) is 24.3 Å². The summed E-state index contributed by atoms with van der Waals surface area (Å²) in [4.78, 5) is 64.4. The van der Waals surface area contributed by atoms with Crippen LogP contribution in [0.25, 0.3) is 0 Å². The summed E-state index contributed by atoms with van der Waals surface area (Å²) in [5.41, 5.74) is 2.24. The fourth-order valence-corrected chi connectivity index (χ4v) is 5.03. The first-order valence-corrected chi connectivity index (χ1v) is 15.2.